The van der Waals surface area contributed by atoms with Crippen LogP contribution in [0, 0.1) is 11.3 Å². The second kappa shape index (κ2) is 6.81. The second-order valence-electron chi connectivity index (χ2n) is 6.64. The highest BCUT2D eigenvalue weighted by Crippen LogP contribution is 2.18. The van der Waals surface area contributed by atoms with Gasteiger partial charge in [-0.1, -0.05) is 0 Å². The first-order valence-electron chi connectivity index (χ1n) is 7.68. The maximum atomic E-state index is 11.8. The zero-order valence-electron chi connectivity index (χ0n) is 14.5. The van der Waals surface area contributed by atoms with Crippen molar-refractivity contribution in [2.75, 3.05) is 0 Å². The van der Waals surface area contributed by atoms with E-state index in [-0.39, 0.29) is 6.42 Å². The third-order valence-corrected chi connectivity index (χ3v) is 3.48. The van der Waals surface area contributed by atoms with Gasteiger partial charge in [0, 0.05) is 13.5 Å². The standard InChI is InChI=1S/C17H20N4O4/c1-17(2,3)25-16(24)20-12(15(22)23)8-14-19-11-6-5-10(9-18)7-13(11)21(14)4/h5-7,12H,8H2,1-4H3,(H,20,24)(H,22,23)/t12-/m0/s1. The molecule has 0 fully saturated rings. The summed E-state index contributed by atoms with van der Waals surface area (Å²) < 4.78 is 6.81. The summed E-state index contributed by atoms with van der Waals surface area (Å²) in [4.78, 5) is 27.7. The number of rotatable bonds is 4. The number of carbonyl (C=O) groups excluding carboxylic acids is 1. The maximum absolute atomic E-state index is 11.8. The van der Waals surface area contributed by atoms with E-state index in [1.165, 1.54) is 0 Å². The summed E-state index contributed by atoms with van der Waals surface area (Å²) in [6.45, 7) is 5.09. The molecule has 0 aliphatic carbocycles. The number of aromatic nitrogens is 2. The Morgan fingerprint density at radius 2 is 2.12 bits per heavy atom. The number of nitrogens with one attached hydrogen (secondary N) is 1. The van der Waals surface area contributed by atoms with Gasteiger partial charge >= 0.3 is 12.1 Å². The highest BCUT2D eigenvalue weighted by molar-refractivity contribution is 5.81. The van der Waals surface area contributed by atoms with Crippen molar-refractivity contribution in [3.63, 3.8) is 0 Å². The number of alkyl carbamates (subject to hydrolysis) is 1. The van der Waals surface area contributed by atoms with Crippen LogP contribution >= 0.6 is 0 Å². The number of amides is 1. The van der Waals surface area contributed by atoms with Crippen molar-refractivity contribution in [2.24, 2.45) is 7.05 Å². The number of aryl methyl sites for hydroxylation is 1. The van der Waals surface area contributed by atoms with E-state index in [0.29, 0.717) is 16.9 Å². The van der Waals surface area contributed by atoms with E-state index >= 15 is 0 Å². The predicted molar refractivity (Wildman–Crippen MR) is 89.9 cm³/mol. The minimum atomic E-state index is -1.18. The van der Waals surface area contributed by atoms with E-state index in [9.17, 15) is 14.7 Å². The summed E-state index contributed by atoms with van der Waals surface area (Å²) in [5.41, 5.74) is 1.13. The Morgan fingerprint density at radius 3 is 2.68 bits per heavy atom. The van der Waals surface area contributed by atoms with Crippen LogP contribution in [0.1, 0.15) is 32.2 Å². The van der Waals surface area contributed by atoms with E-state index < -0.39 is 23.7 Å². The fourth-order valence-corrected chi connectivity index (χ4v) is 2.32. The summed E-state index contributed by atoms with van der Waals surface area (Å²) in [5, 5.41) is 20.7. The molecule has 0 bridgehead atoms. The summed E-state index contributed by atoms with van der Waals surface area (Å²) in [6.07, 6.45) is -0.813. The Bertz CT molecular complexity index is 858. The first-order chi connectivity index (χ1) is 11.6. The van der Waals surface area contributed by atoms with Crippen LogP contribution in [0.5, 0.6) is 0 Å². The average Bonchev–Trinajstić information content (AvgIpc) is 2.80. The molecular formula is C17H20N4O4. The Labute approximate surface area is 145 Å². The van der Waals surface area contributed by atoms with E-state index in [4.69, 9.17) is 10.00 Å². The van der Waals surface area contributed by atoms with Crippen molar-refractivity contribution in [3.8, 4) is 6.07 Å². The first kappa shape index (κ1) is 18.3. The normalized spacial score (nSPS) is 12.4. The lowest BCUT2D eigenvalue weighted by atomic mass is 10.2. The molecule has 1 amide bonds. The molecule has 132 valence electrons. The number of aliphatic carboxylic acids is 1. The third-order valence-electron chi connectivity index (χ3n) is 3.48. The maximum Gasteiger partial charge on any atom is 0.408 e. The molecule has 8 nitrogen and oxygen atoms in total. The number of carbonyl (C=O) groups is 2. The van der Waals surface area contributed by atoms with Crippen molar-refractivity contribution >= 4 is 23.1 Å². The molecule has 1 heterocycles. The summed E-state index contributed by atoms with van der Waals surface area (Å²) in [5.74, 6) is -0.704. The Hall–Kier alpha value is -3.08. The molecule has 0 aliphatic heterocycles. The summed E-state index contributed by atoms with van der Waals surface area (Å²) in [6, 6.07) is 5.91. The highest BCUT2D eigenvalue weighted by atomic mass is 16.6. The number of carboxylic acid groups (broad SMARTS) is 1. The number of fused-ring (bicyclic) bond motifs is 1. The number of imidazole rings is 1. The van der Waals surface area contributed by atoms with Gasteiger partial charge in [0.15, 0.2) is 0 Å². The molecule has 0 saturated heterocycles. The number of hydrogen-bond acceptors (Lipinski definition) is 5. The Kier molecular flexibility index (Phi) is 4.97. The van der Waals surface area contributed by atoms with Crippen LogP contribution in [0.25, 0.3) is 11.0 Å². The SMILES string of the molecule is Cn1c(C[C@H](NC(=O)OC(C)(C)C)C(=O)O)nc2ccc(C#N)cc21. The monoisotopic (exact) mass is 344 g/mol. The predicted octanol–water partition coefficient (Wildman–Crippen LogP) is 1.97. The van der Waals surface area contributed by atoms with Crippen LogP contribution in [0.2, 0.25) is 0 Å². The van der Waals surface area contributed by atoms with Gasteiger partial charge in [0.05, 0.1) is 22.7 Å². The van der Waals surface area contributed by atoms with E-state index in [1.807, 2.05) is 0 Å². The van der Waals surface area contributed by atoms with Crippen LogP contribution in [-0.4, -0.2) is 38.4 Å². The fraction of sp³-hybridized carbons (Fsp3) is 0.412. The van der Waals surface area contributed by atoms with Crippen molar-refractivity contribution < 1.29 is 19.4 Å². The number of nitriles is 1. The number of carboxylic acids is 1. The molecule has 1 aromatic carbocycles. The van der Waals surface area contributed by atoms with Crippen LogP contribution in [0.4, 0.5) is 4.79 Å². The largest absolute Gasteiger partial charge is 0.480 e. The van der Waals surface area contributed by atoms with Gasteiger partial charge in [-0.05, 0) is 39.0 Å². The van der Waals surface area contributed by atoms with Crippen LogP contribution in [0.3, 0.4) is 0 Å². The van der Waals surface area contributed by atoms with Crippen molar-refractivity contribution in [3.05, 3.63) is 29.6 Å². The summed E-state index contributed by atoms with van der Waals surface area (Å²) in [7, 11) is 1.73. The molecule has 8 heteroatoms. The lowest BCUT2D eigenvalue weighted by molar-refractivity contribution is -0.139. The molecule has 0 spiro atoms. The molecule has 1 atom stereocenters. The van der Waals surface area contributed by atoms with Crippen molar-refractivity contribution in [1.29, 1.82) is 5.26 Å². The molecule has 0 radical (unpaired) electrons. The fourth-order valence-electron chi connectivity index (χ4n) is 2.32. The van der Waals surface area contributed by atoms with E-state index in [2.05, 4.69) is 16.4 Å². The molecule has 0 unspecified atom stereocenters. The van der Waals surface area contributed by atoms with Gasteiger partial charge in [-0.25, -0.2) is 14.6 Å². The van der Waals surface area contributed by atoms with Crippen molar-refractivity contribution in [1.82, 2.24) is 14.9 Å². The smallest absolute Gasteiger partial charge is 0.408 e. The molecule has 0 saturated carbocycles. The Morgan fingerprint density at radius 1 is 1.44 bits per heavy atom. The van der Waals surface area contributed by atoms with Gasteiger partial charge in [0.25, 0.3) is 0 Å². The second-order valence-corrected chi connectivity index (χ2v) is 6.64. The number of nitrogens with zero attached hydrogens (tertiary/aromatic N) is 3. The zero-order valence-corrected chi connectivity index (χ0v) is 14.5. The minimum absolute atomic E-state index is 0.0123. The minimum Gasteiger partial charge on any atom is -0.480 e. The van der Waals surface area contributed by atoms with Crippen LogP contribution < -0.4 is 5.32 Å². The topological polar surface area (TPSA) is 117 Å². The van der Waals surface area contributed by atoms with Crippen LogP contribution in [0.15, 0.2) is 18.2 Å². The molecule has 25 heavy (non-hydrogen) atoms. The van der Waals surface area contributed by atoms with Gasteiger partial charge < -0.3 is 19.7 Å². The van der Waals surface area contributed by atoms with Gasteiger partial charge in [0.1, 0.15) is 17.5 Å². The van der Waals surface area contributed by atoms with Gasteiger partial charge in [0.2, 0.25) is 0 Å². The highest BCUT2D eigenvalue weighted by Gasteiger charge is 2.26. The van der Waals surface area contributed by atoms with Gasteiger partial charge in [-0.15, -0.1) is 0 Å². The Balaban J connectivity index is 2.24. The first-order valence-corrected chi connectivity index (χ1v) is 7.68. The third kappa shape index (κ3) is 4.47. The van der Waals surface area contributed by atoms with Gasteiger partial charge in [-0.3, -0.25) is 0 Å². The quantitative estimate of drug-likeness (QED) is 0.875. The van der Waals surface area contributed by atoms with E-state index in [1.54, 1.807) is 50.6 Å². The molecule has 2 rings (SSSR count). The molecule has 1 aromatic heterocycles. The van der Waals surface area contributed by atoms with Gasteiger partial charge in [-0.2, -0.15) is 5.26 Å². The summed E-state index contributed by atoms with van der Waals surface area (Å²) >= 11 is 0. The molecule has 2 aromatic rings. The number of ether oxygens (including phenoxy) is 1. The average molecular weight is 344 g/mol. The van der Waals surface area contributed by atoms with Crippen LogP contribution in [-0.2, 0) is 23.0 Å². The lowest BCUT2D eigenvalue weighted by Crippen LogP contribution is -2.45. The molecular weight excluding hydrogens is 324 g/mol. The molecule has 2 N–H and O–H groups in total. The number of benzene rings is 1. The van der Waals surface area contributed by atoms with Crippen molar-refractivity contribution in [2.45, 2.75) is 38.8 Å². The lowest BCUT2D eigenvalue weighted by Gasteiger charge is -2.21. The zero-order chi connectivity index (χ0) is 18.8. The van der Waals surface area contributed by atoms with E-state index in [0.717, 1.165) is 5.52 Å². The number of hydrogen-bond donors (Lipinski definition) is 2. The molecule has 0 aliphatic rings.